The lowest BCUT2D eigenvalue weighted by Gasteiger charge is -2.06. The summed E-state index contributed by atoms with van der Waals surface area (Å²) in [7, 11) is -1.50. The van der Waals surface area contributed by atoms with Gasteiger partial charge in [-0.2, -0.15) is 0 Å². The van der Waals surface area contributed by atoms with Gasteiger partial charge in [-0.25, -0.2) is 4.21 Å². The Balaban J connectivity index is 2.69. The van der Waals surface area contributed by atoms with Gasteiger partial charge in [0.15, 0.2) is 11.0 Å². The lowest BCUT2D eigenvalue weighted by atomic mass is 10.2. The minimum absolute atomic E-state index is 0.178. The summed E-state index contributed by atoms with van der Waals surface area (Å²) < 4.78 is 14.0. The van der Waals surface area contributed by atoms with Gasteiger partial charge in [0.25, 0.3) is 0 Å². The molecule has 0 saturated heterocycles. The van der Waals surface area contributed by atoms with Gasteiger partial charge in [0.2, 0.25) is 5.91 Å². The zero-order chi connectivity index (χ0) is 11.4. The summed E-state index contributed by atoms with van der Waals surface area (Å²) in [6.07, 6.45) is 0. The monoisotopic (exact) mass is 226 g/mol. The van der Waals surface area contributed by atoms with E-state index in [-0.39, 0.29) is 11.8 Å². The minimum Gasteiger partial charge on any atom is -0.399 e. The Hall–Kier alpha value is -1.36. The van der Waals surface area contributed by atoms with E-state index in [1.807, 2.05) is 0 Å². The summed E-state index contributed by atoms with van der Waals surface area (Å²) in [5.74, 6) is -0.409. The summed E-state index contributed by atoms with van der Waals surface area (Å²) in [6, 6.07) is 6.56. The number of carbonyl (C=O) groups is 1. The van der Waals surface area contributed by atoms with Gasteiger partial charge in [-0.05, 0) is 24.3 Å². The molecular weight excluding hydrogens is 212 g/mol. The van der Waals surface area contributed by atoms with Crippen LogP contribution in [0.4, 0.5) is 5.69 Å². The van der Waals surface area contributed by atoms with Crippen molar-refractivity contribution < 1.29 is 9.00 Å². The molecule has 0 aliphatic carbocycles. The highest BCUT2D eigenvalue weighted by Crippen LogP contribution is 2.08. The van der Waals surface area contributed by atoms with E-state index in [0.29, 0.717) is 10.6 Å². The first kappa shape index (κ1) is 11.7. The fourth-order valence-electron chi connectivity index (χ4n) is 0.860. The molecule has 15 heavy (non-hydrogen) atoms. The molecule has 0 aliphatic heterocycles. The molecule has 0 bridgehead atoms. The highest BCUT2D eigenvalue weighted by atomic mass is 32.2. The molecule has 1 atom stereocenters. The Labute approximate surface area is 91.5 Å². The molecule has 0 fully saturated rings. The van der Waals surface area contributed by atoms with Gasteiger partial charge in [0.05, 0.1) is 4.90 Å². The average molecular weight is 226 g/mol. The third kappa shape index (κ3) is 3.36. The van der Waals surface area contributed by atoms with Crippen molar-refractivity contribution in [3.63, 3.8) is 0 Å². The summed E-state index contributed by atoms with van der Waals surface area (Å²) in [4.78, 5) is 11.8. The molecule has 4 nitrogen and oxygen atoms in total. The zero-order valence-corrected chi connectivity index (χ0v) is 9.51. The number of benzene rings is 1. The van der Waals surface area contributed by atoms with Crippen molar-refractivity contribution >= 4 is 22.6 Å². The van der Waals surface area contributed by atoms with Crippen LogP contribution in [0.5, 0.6) is 0 Å². The maximum Gasteiger partial charge on any atom is 0.234 e. The van der Waals surface area contributed by atoms with Gasteiger partial charge in [-0.3, -0.25) is 9.52 Å². The Morgan fingerprint density at radius 1 is 1.33 bits per heavy atom. The second-order valence-corrected chi connectivity index (χ2v) is 4.67. The first-order chi connectivity index (χ1) is 7.00. The summed E-state index contributed by atoms with van der Waals surface area (Å²) in [5.41, 5.74) is 6.09. The van der Waals surface area contributed by atoms with Crippen LogP contribution in [0.1, 0.15) is 13.8 Å². The van der Waals surface area contributed by atoms with Crippen LogP contribution < -0.4 is 10.5 Å². The number of nitrogen functional groups attached to an aromatic ring is 1. The Morgan fingerprint density at radius 3 is 2.33 bits per heavy atom. The lowest BCUT2D eigenvalue weighted by molar-refractivity contribution is -0.122. The van der Waals surface area contributed by atoms with Crippen molar-refractivity contribution in [2.45, 2.75) is 18.7 Å². The smallest absolute Gasteiger partial charge is 0.234 e. The Morgan fingerprint density at radius 2 is 1.87 bits per heavy atom. The van der Waals surface area contributed by atoms with Gasteiger partial charge in [-0.1, -0.05) is 13.8 Å². The number of rotatable bonds is 3. The van der Waals surface area contributed by atoms with Gasteiger partial charge in [0, 0.05) is 11.6 Å². The molecule has 0 aromatic heterocycles. The van der Waals surface area contributed by atoms with Crippen molar-refractivity contribution in [3.8, 4) is 0 Å². The number of anilines is 1. The predicted octanol–water partition coefficient (Wildman–Crippen LogP) is 1.06. The largest absolute Gasteiger partial charge is 0.399 e. The molecule has 0 aliphatic rings. The number of amides is 1. The van der Waals surface area contributed by atoms with E-state index < -0.39 is 11.0 Å². The van der Waals surface area contributed by atoms with Crippen molar-refractivity contribution in [1.29, 1.82) is 0 Å². The topological polar surface area (TPSA) is 72.2 Å². The first-order valence-corrected chi connectivity index (χ1v) is 5.73. The Kier molecular flexibility index (Phi) is 3.85. The van der Waals surface area contributed by atoms with Crippen LogP contribution in [0, 0.1) is 5.92 Å². The van der Waals surface area contributed by atoms with Crippen molar-refractivity contribution in [2.24, 2.45) is 5.92 Å². The van der Waals surface area contributed by atoms with Crippen LogP contribution in [0.25, 0.3) is 0 Å². The highest BCUT2D eigenvalue weighted by Gasteiger charge is 2.11. The number of hydrogen-bond acceptors (Lipinski definition) is 3. The van der Waals surface area contributed by atoms with E-state index >= 15 is 0 Å². The van der Waals surface area contributed by atoms with Crippen LogP contribution in [0.2, 0.25) is 0 Å². The molecule has 1 unspecified atom stereocenters. The summed E-state index contributed by atoms with van der Waals surface area (Å²) in [6.45, 7) is 3.49. The van der Waals surface area contributed by atoms with Gasteiger partial charge in [-0.15, -0.1) is 0 Å². The molecule has 0 radical (unpaired) electrons. The van der Waals surface area contributed by atoms with Crippen LogP contribution >= 0.6 is 0 Å². The van der Waals surface area contributed by atoms with E-state index in [1.54, 1.807) is 38.1 Å². The maximum atomic E-state index is 11.6. The van der Waals surface area contributed by atoms with Gasteiger partial charge in [0.1, 0.15) is 0 Å². The van der Waals surface area contributed by atoms with Crippen LogP contribution in [0.3, 0.4) is 0 Å². The van der Waals surface area contributed by atoms with E-state index in [0.717, 1.165) is 0 Å². The van der Waals surface area contributed by atoms with Crippen molar-refractivity contribution in [2.75, 3.05) is 5.73 Å². The molecule has 1 aromatic carbocycles. The van der Waals surface area contributed by atoms with Crippen molar-refractivity contribution in [1.82, 2.24) is 4.72 Å². The van der Waals surface area contributed by atoms with Crippen molar-refractivity contribution in [3.05, 3.63) is 24.3 Å². The van der Waals surface area contributed by atoms with E-state index in [4.69, 9.17) is 5.73 Å². The molecule has 0 spiro atoms. The SMILES string of the molecule is CC(C)C(=O)NS(=O)c1ccc(N)cc1. The zero-order valence-electron chi connectivity index (χ0n) is 8.69. The third-order valence-electron chi connectivity index (χ3n) is 1.81. The van der Waals surface area contributed by atoms with Crippen LogP contribution in [0.15, 0.2) is 29.2 Å². The minimum atomic E-state index is -1.50. The molecule has 5 heteroatoms. The van der Waals surface area contributed by atoms with Crippen LogP contribution in [-0.2, 0) is 15.8 Å². The molecule has 3 N–H and O–H groups in total. The second kappa shape index (κ2) is 4.93. The standard InChI is InChI=1S/C10H14N2O2S/c1-7(2)10(13)12-15(14)9-5-3-8(11)4-6-9/h3-7H,11H2,1-2H3,(H,12,13). The quantitative estimate of drug-likeness (QED) is 0.757. The average Bonchev–Trinajstić information content (AvgIpc) is 2.18. The Bertz CT molecular complexity index is 374. The van der Waals surface area contributed by atoms with Crippen LogP contribution in [-0.4, -0.2) is 10.1 Å². The molecule has 1 rings (SSSR count). The summed E-state index contributed by atoms with van der Waals surface area (Å²) in [5, 5.41) is 0. The normalized spacial score (nSPS) is 12.5. The van der Waals surface area contributed by atoms with Gasteiger partial charge >= 0.3 is 0 Å². The van der Waals surface area contributed by atoms with E-state index in [2.05, 4.69) is 4.72 Å². The number of nitrogens with one attached hydrogen (secondary N) is 1. The first-order valence-electron chi connectivity index (χ1n) is 4.58. The second-order valence-electron chi connectivity index (χ2n) is 3.46. The van der Waals surface area contributed by atoms with E-state index in [1.165, 1.54) is 0 Å². The maximum absolute atomic E-state index is 11.6. The number of carbonyl (C=O) groups excluding carboxylic acids is 1. The molecule has 0 saturated carbocycles. The molecule has 1 amide bonds. The third-order valence-corrected chi connectivity index (χ3v) is 2.90. The molecule has 82 valence electrons. The highest BCUT2D eigenvalue weighted by molar-refractivity contribution is 7.83. The predicted molar refractivity (Wildman–Crippen MR) is 60.2 cm³/mol. The molecular formula is C10H14N2O2S. The lowest BCUT2D eigenvalue weighted by Crippen LogP contribution is -2.29. The summed E-state index contributed by atoms with van der Waals surface area (Å²) >= 11 is 0. The fourth-order valence-corrected chi connectivity index (χ4v) is 1.78. The number of nitrogens with two attached hydrogens (primary N) is 1. The molecule has 1 aromatic rings. The van der Waals surface area contributed by atoms with E-state index in [9.17, 15) is 9.00 Å². The fraction of sp³-hybridized carbons (Fsp3) is 0.300. The number of hydrogen-bond donors (Lipinski definition) is 2. The molecule has 0 heterocycles. The van der Waals surface area contributed by atoms with Gasteiger partial charge < -0.3 is 5.73 Å².